The van der Waals surface area contributed by atoms with Gasteiger partial charge in [0.15, 0.2) is 5.84 Å². The lowest BCUT2D eigenvalue weighted by molar-refractivity contribution is -0.133. The fourth-order valence-electron chi connectivity index (χ4n) is 2.15. The molecule has 18 heavy (non-hydrogen) atoms. The lowest BCUT2D eigenvalue weighted by Gasteiger charge is -2.24. The molecular weight excluding hydrogens is 236 g/mol. The smallest absolute Gasteiger partial charge is 0.233 e. The summed E-state index contributed by atoms with van der Waals surface area (Å²) in [6.07, 6.45) is 0.985. The number of amidine groups is 1. The number of nitrogens with zero attached hydrogens (tertiary/aromatic N) is 2. The molecule has 1 fully saturated rings. The van der Waals surface area contributed by atoms with Crippen molar-refractivity contribution in [3.05, 3.63) is 0 Å². The number of carbonyl (C=O) groups is 2. The van der Waals surface area contributed by atoms with E-state index in [4.69, 9.17) is 16.7 Å². The Morgan fingerprint density at radius 1 is 1.50 bits per heavy atom. The maximum absolute atomic E-state index is 12.2. The summed E-state index contributed by atoms with van der Waals surface area (Å²) in [5.41, 5.74) is 10.1. The fourth-order valence-corrected chi connectivity index (χ4v) is 2.15. The van der Waals surface area contributed by atoms with Gasteiger partial charge in [-0.05, 0) is 19.8 Å². The summed E-state index contributed by atoms with van der Waals surface area (Å²) in [6.45, 7) is 4.28. The van der Waals surface area contributed by atoms with Crippen LogP contribution in [-0.4, -0.2) is 40.8 Å². The first kappa shape index (κ1) is 14.3. The molecule has 2 unspecified atom stereocenters. The van der Waals surface area contributed by atoms with Crippen LogP contribution in [0.1, 0.15) is 26.7 Å². The Balaban J connectivity index is 2.79. The zero-order valence-electron chi connectivity index (χ0n) is 10.7. The molecule has 2 atom stereocenters. The average molecular weight is 256 g/mol. The predicted molar refractivity (Wildman–Crippen MR) is 65.7 cm³/mol. The highest BCUT2D eigenvalue weighted by Crippen LogP contribution is 2.30. The molecule has 7 nitrogen and oxygen atoms in total. The average Bonchev–Trinajstić information content (AvgIpc) is 2.74. The second-order valence-corrected chi connectivity index (χ2v) is 4.92. The summed E-state index contributed by atoms with van der Waals surface area (Å²) in [5, 5.41) is 11.5. The van der Waals surface area contributed by atoms with Crippen LogP contribution in [0, 0.1) is 11.3 Å². The molecule has 7 heteroatoms. The molecule has 1 saturated heterocycles. The van der Waals surface area contributed by atoms with Crippen molar-refractivity contribution in [2.45, 2.75) is 26.7 Å². The van der Waals surface area contributed by atoms with Crippen molar-refractivity contribution in [2.24, 2.45) is 28.0 Å². The highest BCUT2D eigenvalue weighted by Gasteiger charge is 2.42. The van der Waals surface area contributed by atoms with Crippen molar-refractivity contribution < 1.29 is 14.8 Å². The van der Waals surface area contributed by atoms with Gasteiger partial charge in [-0.3, -0.25) is 9.59 Å². The normalized spacial score (nSPS) is 26.1. The highest BCUT2D eigenvalue weighted by molar-refractivity contribution is 6.02. The van der Waals surface area contributed by atoms with Gasteiger partial charge < -0.3 is 21.6 Å². The van der Waals surface area contributed by atoms with Gasteiger partial charge in [0, 0.05) is 13.1 Å². The third-order valence-electron chi connectivity index (χ3n) is 3.56. The number of oxime groups is 1. The fraction of sp³-hybridized carbons (Fsp3) is 0.727. The minimum absolute atomic E-state index is 0.102. The van der Waals surface area contributed by atoms with Crippen molar-refractivity contribution >= 4 is 17.6 Å². The number of amides is 2. The Bertz CT molecular complexity index is 382. The van der Waals surface area contributed by atoms with Crippen molar-refractivity contribution in [1.82, 2.24) is 4.90 Å². The molecule has 0 aliphatic carbocycles. The van der Waals surface area contributed by atoms with Crippen LogP contribution < -0.4 is 11.5 Å². The summed E-state index contributed by atoms with van der Waals surface area (Å²) in [7, 11) is 0. The molecule has 102 valence electrons. The van der Waals surface area contributed by atoms with E-state index >= 15 is 0 Å². The van der Waals surface area contributed by atoms with Gasteiger partial charge in [-0.1, -0.05) is 12.1 Å². The van der Waals surface area contributed by atoms with Crippen LogP contribution in [0.4, 0.5) is 0 Å². The first-order valence-corrected chi connectivity index (χ1v) is 5.92. The van der Waals surface area contributed by atoms with Crippen LogP contribution in [0.3, 0.4) is 0 Å². The molecular formula is C11H20N4O3. The molecule has 0 radical (unpaired) electrons. The van der Waals surface area contributed by atoms with Gasteiger partial charge in [0.25, 0.3) is 0 Å². The van der Waals surface area contributed by atoms with Crippen LogP contribution in [0.2, 0.25) is 0 Å². The summed E-state index contributed by atoms with van der Waals surface area (Å²) < 4.78 is 0. The van der Waals surface area contributed by atoms with Crippen LogP contribution in [0.5, 0.6) is 0 Å². The molecule has 0 aromatic rings. The minimum atomic E-state index is -0.681. The topological polar surface area (TPSA) is 122 Å². The van der Waals surface area contributed by atoms with Gasteiger partial charge in [0.2, 0.25) is 11.8 Å². The standard InChI is InChI=1S/C11H20N4O3/c1-3-7(8(12)14-18)9(16)15-5-4-11(2,6-15)10(13)17/h7,18H,3-6H2,1-2H3,(H2,12,14)(H2,13,17). The first-order valence-electron chi connectivity index (χ1n) is 5.92. The lowest BCUT2D eigenvalue weighted by Crippen LogP contribution is -2.43. The molecule has 1 aliphatic heterocycles. The summed E-state index contributed by atoms with van der Waals surface area (Å²) in [4.78, 5) is 25.1. The molecule has 0 aromatic heterocycles. The van der Waals surface area contributed by atoms with Crippen molar-refractivity contribution in [3.63, 3.8) is 0 Å². The van der Waals surface area contributed by atoms with E-state index in [9.17, 15) is 9.59 Å². The van der Waals surface area contributed by atoms with E-state index in [1.165, 1.54) is 0 Å². The number of carbonyl (C=O) groups excluding carboxylic acids is 2. The zero-order valence-corrected chi connectivity index (χ0v) is 10.7. The Morgan fingerprint density at radius 3 is 2.50 bits per heavy atom. The van der Waals surface area contributed by atoms with Crippen molar-refractivity contribution in [1.29, 1.82) is 0 Å². The number of hydrogen-bond acceptors (Lipinski definition) is 4. The van der Waals surface area contributed by atoms with Gasteiger partial charge in [0.05, 0.1) is 11.3 Å². The van der Waals surface area contributed by atoms with Gasteiger partial charge in [0.1, 0.15) is 0 Å². The Labute approximate surface area is 106 Å². The van der Waals surface area contributed by atoms with Crippen molar-refractivity contribution in [2.75, 3.05) is 13.1 Å². The Kier molecular flexibility index (Phi) is 4.15. The van der Waals surface area contributed by atoms with Gasteiger partial charge in [-0.25, -0.2) is 0 Å². The van der Waals surface area contributed by atoms with E-state index < -0.39 is 17.2 Å². The number of nitrogens with two attached hydrogens (primary N) is 2. The Morgan fingerprint density at radius 2 is 2.11 bits per heavy atom. The summed E-state index contributed by atoms with van der Waals surface area (Å²) in [5.74, 6) is -1.38. The highest BCUT2D eigenvalue weighted by atomic mass is 16.4. The minimum Gasteiger partial charge on any atom is -0.409 e. The SMILES string of the molecule is CCC(C(=O)N1CCC(C)(C(N)=O)C1)C(N)=NO. The number of likely N-dealkylation sites (tertiary alicyclic amines) is 1. The monoisotopic (exact) mass is 256 g/mol. The van der Waals surface area contributed by atoms with E-state index in [1.54, 1.807) is 18.7 Å². The molecule has 5 N–H and O–H groups in total. The third-order valence-corrected chi connectivity index (χ3v) is 3.56. The van der Waals surface area contributed by atoms with Crippen LogP contribution in [0.25, 0.3) is 0 Å². The van der Waals surface area contributed by atoms with Crippen LogP contribution in [0.15, 0.2) is 5.16 Å². The Hall–Kier alpha value is -1.79. The quantitative estimate of drug-likeness (QED) is 0.271. The second kappa shape index (κ2) is 5.24. The molecule has 1 heterocycles. The van der Waals surface area contributed by atoms with E-state index in [1.807, 2.05) is 0 Å². The molecule has 0 saturated carbocycles. The molecule has 0 bridgehead atoms. The second-order valence-electron chi connectivity index (χ2n) is 4.92. The first-order chi connectivity index (χ1) is 8.35. The van der Waals surface area contributed by atoms with E-state index in [2.05, 4.69) is 5.16 Å². The summed E-state index contributed by atoms with van der Waals surface area (Å²) in [6, 6.07) is 0. The maximum Gasteiger partial charge on any atom is 0.233 e. The molecule has 0 aromatic carbocycles. The predicted octanol–water partition coefficient (Wildman–Crippen LogP) is -0.517. The third kappa shape index (κ3) is 2.55. The molecule has 1 aliphatic rings. The zero-order chi connectivity index (χ0) is 13.9. The van der Waals surface area contributed by atoms with Gasteiger partial charge in [-0.15, -0.1) is 0 Å². The summed E-state index contributed by atoms with van der Waals surface area (Å²) >= 11 is 0. The molecule has 0 spiro atoms. The van der Waals surface area contributed by atoms with Crippen LogP contribution >= 0.6 is 0 Å². The molecule has 2 amide bonds. The number of primary amides is 1. The van der Waals surface area contributed by atoms with E-state index in [0.717, 1.165) is 0 Å². The van der Waals surface area contributed by atoms with Crippen LogP contribution in [-0.2, 0) is 9.59 Å². The van der Waals surface area contributed by atoms with E-state index in [0.29, 0.717) is 19.4 Å². The number of hydrogen-bond donors (Lipinski definition) is 3. The number of rotatable bonds is 4. The van der Waals surface area contributed by atoms with E-state index in [-0.39, 0.29) is 18.3 Å². The van der Waals surface area contributed by atoms with Gasteiger partial charge >= 0.3 is 0 Å². The maximum atomic E-state index is 12.2. The van der Waals surface area contributed by atoms with Gasteiger partial charge in [-0.2, -0.15) is 0 Å². The molecule has 1 rings (SSSR count). The largest absolute Gasteiger partial charge is 0.409 e. The van der Waals surface area contributed by atoms with Crippen molar-refractivity contribution in [3.8, 4) is 0 Å². The lowest BCUT2D eigenvalue weighted by atomic mass is 9.89.